The molecule has 0 aliphatic rings. The van der Waals surface area contributed by atoms with Gasteiger partial charge in [-0.3, -0.25) is 14.7 Å². The molecular weight excluding hydrogens is 483 g/mol. The number of nitrogens with one attached hydrogen (secondary N) is 2. The minimum Gasteiger partial charge on any atom is -0.435 e. The van der Waals surface area contributed by atoms with Crippen LogP contribution in [-0.4, -0.2) is 32.0 Å². The fraction of sp³-hybridized carbons (Fsp3) is 0.0800. The predicted octanol–water partition coefficient (Wildman–Crippen LogP) is 4.60. The van der Waals surface area contributed by atoms with E-state index in [-0.39, 0.29) is 29.5 Å². The molecule has 0 aliphatic carbocycles. The van der Waals surface area contributed by atoms with Crippen LogP contribution in [0.2, 0.25) is 0 Å². The molecule has 2 aromatic carbocycles. The minimum absolute atomic E-state index is 0.0308. The molecule has 11 heteroatoms. The van der Waals surface area contributed by atoms with E-state index >= 15 is 0 Å². The number of carbonyl (C=O) groups is 2. The Morgan fingerprint density at radius 1 is 1.19 bits per heavy atom. The third kappa shape index (κ3) is 4.77. The number of rotatable bonds is 7. The van der Waals surface area contributed by atoms with Crippen molar-refractivity contribution >= 4 is 38.5 Å². The molecule has 9 nitrogen and oxygen atoms in total. The number of hydrogen-bond acceptors (Lipinski definition) is 7. The highest BCUT2D eigenvalue weighted by Gasteiger charge is 2.15. The van der Waals surface area contributed by atoms with Gasteiger partial charge < -0.3 is 15.8 Å². The summed E-state index contributed by atoms with van der Waals surface area (Å²) in [5, 5.41) is 10.2. The number of anilines is 1. The molecule has 3 heterocycles. The Hall–Kier alpha value is -4.64. The van der Waals surface area contributed by atoms with Gasteiger partial charge in [0.15, 0.2) is 16.7 Å². The number of ether oxygens (including phenoxy) is 1. The van der Waals surface area contributed by atoms with Gasteiger partial charge in [-0.05, 0) is 54.4 Å². The lowest BCUT2D eigenvalue weighted by Crippen LogP contribution is -2.14. The number of pyridine rings is 1. The molecule has 0 atom stereocenters. The Morgan fingerprint density at radius 2 is 2.06 bits per heavy atom. The maximum atomic E-state index is 14.7. The van der Waals surface area contributed by atoms with Crippen molar-refractivity contribution in [1.29, 1.82) is 0 Å². The quantitative estimate of drug-likeness (QED) is 0.298. The maximum absolute atomic E-state index is 14.7. The Balaban J connectivity index is 1.27. The topological polar surface area (TPSA) is 136 Å². The lowest BCUT2D eigenvalue weighted by molar-refractivity contribution is -0.115. The Morgan fingerprint density at radius 3 is 2.81 bits per heavy atom. The molecule has 0 fully saturated rings. The van der Waals surface area contributed by atoms with E-state index in [0.29, 0.717) is 10.7 Å². The summed E-state index contributed by atoms with van der Waals surface area (Å²) >= 11 is 1.35. The molecule has 0 spiro atoms. The van der Waals surface area contributed by atoms with Gasteiger partial charge in [0.1, 0.15) is 5.56 Å². The Labute approximate surface area is 208 Å². The van der Waals surface area contributed by atoms with E-state index in [1.165, 1.54) is 41.8 Å². The monoisotopic (exact) mass is 502 g/mol. The van der Waals surface area contributed by atoms with Gasteiger partial charge in [0.25, 0.3) is 5.91 Å². The lowest BCUT2D eigenvalue weighted by atomic mass is 10.1. The Bertz CT molecular complexity index is 1610. The van der Waals surface area contributed by atoms with Gasteiger partial charge in [-0.25, -0.2) is 14.4 Å². The average Bonchev–Trinajstić information content (AvgIpc) is 3.45. The molecule has 36 heavy (non-hydrogen) atoms. The van der Waals surface area contributed by atoms with Crippen molar-refractivity contribution in [2.75, 3.05) is 5.32 Å². The van der Waals surface area contributed by atoms with Crippen molar-refractivity contribution in [2.45, 2.75) is 13.3 Å². The smallest absolute Gasteiger partial charge is 0.254 e. The molecule has 0 bridgehead atoms. The largest absolute Gasteiger partial charge is 0.435 e. The van der Waals surface area contributed by atoms with Gasteiger partial charge in [0.2, 0.25) is 11.8 Å². The number of benzene rings is 2. The number of fused-ring (bicyclic) bond motifs is 1. The van der Waals surface area contributed by atoms with Crippen molar-refractivity contribution in [3.8, 4) is 22.8 Å². The van der Waals surface area contributed by atoms with Crippen LogP contribution in [0.5, 0.6) is 11.6 Å². The summed E-state index contributed by atoms with van der Waals surface area (Å²) in [6.45, 7) is 1.94. The summed E-state index contributed by atoms with van der Waals surface area (Å²) in [7, 11) is 0. The van der Waals surface area contributed by atoms with Gasteiger partial charge in [-0.1, -0.05) is 23.5 Å². The second-order valence-electron chi connectivity index (χ2n) is 7.92. The maximum Gasteiger partial charge on any atom is 0.254 e. The summed E-state index contributed by atoms with van der Waals surface area (Å²) in [6.07, 6.45) is 3.09. The number of amides is 2. The summed E-state index contributed by atoms with van der Waals surface area (Å²) in [5.41, 5.74) is 9.44. The van der Waals surface area contributed by atoms with Crippen LogP contribution in [0, 0.1) is 12.7 Å². The van der Waals surface area contributed by atoms with Crippen LogP contribution in [0.1, 0.15) is 21.6 Å². The number of carbonyl (C=O) groups excluding carboxylic acids is 2. The fourth-order valence-corrected chi connectivity index (χ4v) is 4.50. The summed E-state index contributed by atoms with van der Waals surface area (Å²) in [5.74, 6) is -2.03. The molecule has 2 amide bonds. The lowest BCUT2D eigenvalue weighted by Gasteiger charge is -2.09. The van der Waals surface area contributed by atoms with Gasteiger partial charge >= 0.3 is 0 Å². The zero-order chi connectivity index (χ0) is 25.2. The molecule has 5 aromatic rings. The zero-order valence-electron chi connectivity index (χ0n) is 18.9. The molecular formula is C25H19FN6O3S. The van der Waals surface area contributed by atoms with Crippen LogP contribution >= 0.6 is 11.3 Å². The van der Waals surface area contributed by atoms with Crippen LogP contribution in [0.3, 0.4) is 0 Å². The minimum atomic E-state index is -0.741. The van der Waals surface area contributed by atoms with E-state index in [2.05, 4.69) is 25.5 Å². The van der Waals surface area contributed by atoms with Crippen LogP contribution < -0.4 is 15.8 Å². The van der Waals surface area contributed by atoms with E-state index < -0.39 is 11.7 Å². The number of halogens is 1. The third-order valence-corrected chi connectivity index (χ3v) is 6.33. The highest BCUT2D eigenvalue weighted by molar-refractivity contribution is 7.22. The van der Waals surface area contributed by atoms with Crippen molar-refractivity contribution in [3.05, 3.63) is 83.6 Å². The molecule has 0 radical (unpaired) electrons. The number of nitrogens with two attached hydrogens (primary N) is 1. The van der Waals surface area contributed by atoms with E-state index in [1.54, 1.807) is 12.3 Å². The molecule has 3 aromatic heterocycles. The highest BCUT2D eigenvalue weighted by atomic mass is 32.1. The molecule has 4 N–H and O–H groups in total. The van der Waals surface area contributed by atoms with E-state index in [0.717, 1.165) is 27.0 Å². The van der Waals surface area contributed by atoms with Crippen molar-refractivity contribution < 1.29 is 18.7 Å². The molecule has 0 aliphatic heterocycles. The van der Waals surface area contributed by atoms with E-state index in [9.17, 15) is 14.0 Å². The zero-order valence-corrected chi connectivity index (χ0v) is 19.7. The summed E-state index contributed by atoms with van der Waals surface area (Å²) in [4.78, 5) is 32.6. The SMILES string of the molecule is Cc1[nH]ncc1-c1ccc2sc(NC(=O)Cc3ccc(Oc4ncccc4C(N)=O)c(F)c3)nc2c1. The molecule has 0 saturated carbocycles. The van der Waals surface area contributed by atoms with Gasteiger partial charge in [0.05, 0.1) is 22.8 Å². The number of aromatic nitrogens is 4. The normalized spacial score (nSPS) is 10.9. The second kappa shape index (κ2) is 9.55. The Kier molecular flexibility index (Phi) is 6.13. The standard InChI is InChI=1S/C25H19FN6O3S/c1-13-17(12-29-32-13)15-5-7-21-19(11-15)30-25(36-21)31-22(33)10-14-4-6-20(18(26)9-14)35-24-16(23(27)34)3-2-8-28-24/h2-9,11-12H,10H2,1H3,(H2,27,34)(H,29,32)(H,30,31,33). The average molecular weight is 503 g/mol. The summed E-state index contributed by atoms with van der Waals surface area (Å²) < 4.78 is 21.0. The molecule has 0 unspecified atom stereocenters. The van der Waals surface area contributed by atoms with Crippen LogP contribution in [-0.2, 0) is 11.2 Å². The second-order valence-corrected chi connectivity index (χ2v) is 8.95. The fourth-order valence-electron chi connectivity index (χ4n) is 3.64. The number of H-pyrrole nitrogens is 1. The summed E-state index contributed by atoms with van der Waals surface area (Å²) in [6, 6.07) is 12.9. The number of thiazole rings is 1. The highest BCUT2D eigenvalue weighted by Crippen LogP contribution is 2.31. The molecule has 5 rings (SSSR count). The van der Waals surface area contributed by atoms with Gasteiger partial charge in [-0.15, -0.1) is 0 Å². The van der Waals surface area contributed by atoms with E-state index in [4.69, 9.17) is 10.5 Å². The molecule has 180 valence electrons. The number of aromatic amines is 1. The first kappa shape index (κ1) is 23.1. The van der Waals surface area contributed by atoms with Crippen molar-refractivity contribution in [1.82, 2.24) is 20.2 Å². The molecule has 0 saturated heterocycles. The van der Waals surface area contributed by atoms with Crippen molar-refractivity contribution in [3.63, 3.8) is 0 Å². The third-order valence-electron chi connectivity index (χ3n) is 5.38. The number of nitrogens with zero attached hydrogens (tertiary/aromatic N) is 3. The van der Waals surface area contributed by atoms with Crippen LogP contribution in [0.4, 0.5) is 9.52 Å². The number of primary amides is 1. The van der Waals surface area contributed by atoms with Crippen molar-refractivity contribution in [2.24, 2.45) is 5.73 Å². The first-order valence-electron chi connectivity index (χ1n) is 10.8. The number of hydrogen-bond donors (Lipinski definition) is 3. The first-order valence-corrected chi connectivity index (χ1v) is 11.6. The predicted molar refractivity (Wildman–Crippen MR) is 134 cm³/mol. The number of aryl methyl sites for hydroxylation is 1. The van der Waals surface area contributed by atoms with Crippen LogP contribution in [0.15, 0.2) is 60.9 Å². The van der Waals surface area contributed by atoms with Gasteiger partial charge in [0, 0.05) is 17.5 Å². The van der Waals surface area contributed by atoms with Crippen LogP contribution in [0.25, 0.3) is 21.3 Å². The van der Waals surface area contributed by atoms with Gasteiger partial charge in [-0.2, -0.15) is 5.10 Å². The van der Waals surface area contributed by atoms with E-state index in [1.807, 2.05) is 25.1 Å². The first-order chi connectivity index (χ1) is 17.4.